The summed E-state index contributed by atoms with van der Waals surface area (Å²) in [6, 6.07) is 15.2. The van der Waals surface area contributed by atoms with Crippen molar-refractivity contribution in [2.75, 3.05) is 31.3 Å². The number of aromatic amines is 1. The second kappa shape index (κ2) is 11.6. The maximum atomic E-state index is 13.6. The van der Waals surface area contributed by atoms with Crippen molar-refractivity contribution in [2.24, 2.45) is 11.8 Å². The number of likely N-dealkylation sites (N-methyl/N-ethyl adjacent to an activating group) is 1. The minimum absolute atomic E-state index is 0.0831. The van der Waals surface area contributed by atoms with Gasteiger partial charge in [-0.1, -0.05) is 35.9 Å². The number of aromatic nitrogens is 3. The quantitative estimate of drug-likeness (QED) is 0.163. The lowest BCUT2D eigenvalue weighted by molar-refractivity contribution is -0.111. The molecule has 2 atom stereocenters. The zero-order valence-electron chi connectivity index (χ0n) is 25.6. The average Bonchev–Trinajstić information content (AvgIpc) is 3.41. The number of nitrogens with one attached hydrogen (secondary N) is 4. The van der Waals surface area contributed by atoms with E-state index in [0.717, 1.165) is 48.6 Å². The van der Waals surface area contributed by atoms with Gasteiger partial charge in [0.15, 0.2) is 0 Å². The number of H-pyrrole nitrogens is 1. The van der Waals surface area contributed by atoms with Gasteiger partial charge in [0.25, 0.3) is 5.91 Å². The summed E-state index contributed by atoms with van der Waals surface area (Å²) in [5, 5.41) is 11.6. The van der Waals surface area contributed by atoms with Crippen LogP contribution in [0.2, 0.25) is 5.02 Å². The van der Waals surface area contributed by atoms with Gasteiger partial charge in [-0.05, 0) is 94.8 Å². The third-order valence-corrected chi connectivity index (χ3v) is 9.84. The monoisotopic (exact) mass is 623 g/mol. The number of amides is 2. The largest absolute Gasteiger partial charge is 0.360 e. The van der Waals surface area contributed by atoms with E-state index in [-0.39, 0.29) is 22.9 Å². The van der Waals surface area contributed by atoms with Crippen LogP contribution in [0.4, 0.5) is 11.6 Å². The third-order valence-electron chi connectivity index (χ3n) is 9.56. The highest BCUT2D eigenvalue weighted by molar-refractivity contribution is 6.33. The Morgan fingerprint density at radius 3 is 2.53 bits per heavy atom. The molecule has 2 heterocycles. The van der Waals surface area contributed by atoms with E-state index in [2.05, 4.69) is 32.0 Å². The Balaban J connectivity index is 1.06. The molecule has 232 valence electrons. The van der Waals surface area contributed by atoms with Crippen molar-refractivity contribution < 1.29 is 9.59 Å². The molecule has 4 fully saturated rings. The van der Waals surface area contributed by atoms with Gasteiger partial charge in [-0.2, -0.15) is 0 Å². The Bertz CT molecular complexity index is 1770. The fraction of sp³-hybridized carbons (Fsp3) is 0.371. The summed E-state index contributed by atoms with van der Waals surface area (Å²) in [4.78, 5) is 40.6. The van der Waals surface area contributed by atoms with Crippen LogP contribution in [0, 0.1) is 11.8 Å². The zero-order valence-corrected chi connectivity index (χ0v) is 26.3. The molecule has 4 bridgehead atoms. The van der Waals surface area contributed by atoms with Crippen LogP contribution in [-0.4, -0.2) is 63.4 Å². The van der Waals surface area contributed by atoms with E-state index in [4.69, 9.17) is 16.6 Å². The fourth-order valence-electron chi connectivity index (χ4n) is 8.25. The van der Waals surface area contributed by atoms with Gasteiger partial charge in [0.1, 0.15) is 0 Å². The number of halogens is 1. The van der Waals surface area contributed by atoms with E-state index < -0.39 is 0 Å². The molecule has 10 heteroatoms. The van der Waals surface area contributed by atoms with Gasteiger partial charge >= 0.3 is 0 Å². The molecule has 4 aliphatic rings. The number of anilines is 2. The number of rotatable bonds is 9. The summed E-state index contributed by atoms with van der Waals surface area (Å²) < 4.78 is 0. The topological polar surface area (TPSA) is 115 Å². The Morgan fingerprint density at radius 1 is 1.04 bits per heavy atom. The van der Waals surface area contributed by atoms with Crippen LogP contribution in [0.1, 0.15) is 48.9 Å². The van der Waals surface area contributed by atoms with Crippen molar-refractivity contribution in [3.8, 4) is 11.3 Å². The maximum Gasteiger partial charge on any atom is 0.251 e. The van der Waals surface area contributed by atoms with Gasteiger partial charge in [0, 0.05) is 57.6 Å². The number of nitrogens with zero attached hydrogens (tertiary/aromatic N) is 3. The smallest absolute Gasteiger partial charge is 0.251 e. The summed E-state index contributed by atoms with van der Waals surface area (Å²) in [6.45, 7) is 0.686. The predicted octanol–water partition coefficient (Wildman–Crippen LogP) is 6.27. The van der Waals surface area contributed by atoms with Crippen molar-refractivity contribution in [3.05, 3.63) is 83.7 Å². The number of benzene rings is 2. The SMILES string of the molecule is CN(C)C/C=C/C(=O)Nc1ccc(C(=O)NC23CC4CC(C2)CC(Nc2ncc(Cl)c(-c5c[nH]c6ccccc56)n2)(C4)C3)cc1. The van der Waals surface area contributed by atoms with E-state index in [1.807, 2.05) is 49.5 Å². The van der Waals surface area contributed by atoms with Gasteiger partial charge < -0.3 is 25.8 Å². The summed E-state index contributed by atoms with van der Waals surface area (Å²) in [6.07, 6.45) is 13.0. The number of fused-ring (bicyclic) bond motifs is 1. The molecule has 2 aromatic heterocycles. The molecule has 2 amide bonds. The maximum absolute atomic E-state index is 13.6. The lowest BCUT2D eigenvalue weighted by Gasteiger charge is -2.62. The molecule has 4 saturated carbocycles. The predicted molar refractivity (Wildman–Crippen MR) is 178 cm³/mol. The van der Waals surface area contributed by atoms with E-state index in [0.29, 0.717) is 46.3 Å². The van der Waals surface area contributed by atoms with E-state index in [1.54, 1.807) is 30.5 Å². The van der Waals surface area contributed by atoms with Crippen LogP contribution in [-0.2, 0) is 4.79 Å². The number of para-hydroxylation sites is 1. The number of hydrogen-bond acceptors (Lipinski definition) is 6. The second-order valence-corrected chi connectivity index (χ2v) is 13.9. The molecule has 2 unspecified atom stereocenters. The highest BCUT2D eigenvalue weighted by Crippen LogP contribution is 2.58. The van der Waals surface area contributed by atoms with Crippen molar-refractivity contribution in [2.45, 2.75) is 49.6 Å². The van der Waals surface area contributed by atoms with Crippen molar-refractivity contribution in [1.29, 1.82) is 0 Å². The number of carbonyl (C=O) groups excluding carboxylic acids is 2. The molecule has 4 aliphatic carbocycles. The summed E-state index contributed by atoms with van der Waals surface area (Å²) in [5.41, 5.74) is 3.42. The van der Waals surface area contributed by atoms with Crippen LogP contribution < -0.4 is 16.0 Å². The van der Waals surface area contributed by atoms with Crippen LogP contribution in [0.15, 0.2) is 73.1 Å². The molecule has 2 aromatic carbocycles. The molecule has 8 rings (SSSR count). The Labute approximate surface area is 267 Å². The summed E-state index contributed by atoms with van der Waals surface area (Å²) >= 11 is 6.63. The van der Waals surface area contributed by atoms with Gasteiger partial charge in [-0.15, -0.1) is 0 Å². The standard InChI is InChI=1S/C35H38ClN7O2/c1-43(2)13-5-8-30(44)39-25-11-9-24(10-12-25)32(45)41-34-15-22-14-23(16-34)18-35(17-22,21-34)42-33-38-20-28(36)31(40-33)27-19-37-29-7-4-3-6-26(27)29/h3-12,19-20,22-23,37H,13-18,21H2,1-2H3,(H,39,44)(H,41,45)(H,38,40,42)/b8-5+. The minimum Gasteiger partial charge on any atom is -0.360 e. The molecule has 0 spiro atoms. The first-order chi connectivity index (χ1) is 21.7. The second-order valence-electron chi connectivity index (χ2n) is 13.5. The van der Waals surface area contributed by atoms with Crippen molar-refractivity contribution >= 4 is 46.0 Å². The molecule has 9 nitrogen and oxygen atoms in total. The molecule has 45 heavy (non-hydrogen) atoms. The first-order valence-electron chi connectivity index (χ1n) is 15.6. The van der Waals surface area contributed by atoms with Crippen LogP contribution in [0.3, 0.4) is 0 Å². The average molecular weight is 624 g/mol. The normalized spacial score (nSPS) is 25.2. The van der Waals surface area contributed by atoms with E-state index in [1.165, 1.54) is 12.5 Å². The van der Waals surface area contributed by atoms with Gasteiger partial charge in [0.05, 0.1) is 16.9 Å². The Kier molecular flexibility index (Phi) is 7.61. The number of carbonyl (C=O) groups is 2. The Morgan fingerprint density at radius 2 is 1.78 bits per heavy atom. The highest BCUT2D eigenvalue weighted by atomic mass is 35.5. The Hall–Kier alpha value is -4.21. The number of hydrogen-bond donors (Lipinski definition) is 4. The van der Waals surface area contributed by atoms with Gasteiger partial charge in [-0.3, -0.25) is 9.59 Å². The van der Waals surface area contributed by atoms with Gasteiger partial charge in [0.2, 0.25) is 11.9 Å². The summed E-state index contributed by atoms with van der Waals surface area (Å²) in [5.74, 6) is 1.34. The molecule has 0 aliphatic heterocycles. The molecule has 0 saturated heterocycles. The minimum atomic E-state index is -0.287. The van der Waals surface area contributed by atoms with Crippen molar-refractivity contribution in [1.82, 2.24) is 25.2 Å². The van der Waals surface area contributed by atoms with Crippen LogP contribution in [0.5, 0.6) is 0 Å². The molecular weight excluding hydrogens is 586 g/mol. The molecule has 4 N–H and O–H groups in total. The first kappa shape index (κ1) is 29.5. The molecule has 4 aromatic rings. The summed E-state index contributed by atoms with van der Waals surface area (Å²) in [7, 11) is 3.89. The molecule has 0 radical (unpaired) electrons. The van der Waals surface area contributed by atoms with Crippen LogP contribution >= 0.6 is 11.6 Å². The van der Waals surface area contributed by atoms with E-state index >= 15 is 0 Å². The third kappa shape index (κ3) is 6.07. The molecular formula is C35H38ClN7O2. The fourth-order valence-corrected chi connectivity index (χ4v) is 8.44. The van der Waals surface area contributed by atoms with Crippen LogP contribution in [0.25, 0.3) is 22.2 Å². The van der Waals surface area contributed by atoms with Crippen molar-refractivity contribution in [3.63, 3.8) is 0 Å². The lowest BCUT2D eigenvalue weighted by Crippen LogP contribution is -2.67. The lowest BCUT2D eigenvalue weighted by atomic mass is 9.50. The van der Waals surface area contributed by atoms with E-state index in [9.17, 15) is 9.59 Å². The first-order valence-corrected chi connectivity index (χ1v) is 16.0. The zero-order chi connectivity index (χ0) is 31.2. The highest BCUT2D eigenvalue weighted by Gasteiger charge is 2.58. The van der Waals surface area contributed by atoms with Gasteiger partial charge in [-0.25, -0.2) is 9.97 Å².